The zero-order valence-electron chi connectivity index (χ0n) is 8.28. The molecule has 1 fully saturated rings. The Morgan fingerprint density at radius 3 is 3.00 bits per heavy atom. The topological polar surface area (TPSA) is 20.3 Å². The lowest BCUT2D eigenvalue weighted by molar-refractivity contribution is -0.138. The van der Waals surface area contributed by atoms with Crippen molar-refractivity contribution in [2.75, 3.05) is 6.54 Å². The average molecular weight is 189 g/mol. The minimum atomic E-state index is 0.0190. The highest BCUT2D eigenvalue weighted by Crippen LogP contribution is 2.28. The van der Waals surface area contributed by atoms with Gasteiger partial charge >= 0.3 is 0 Å². The molecule has 0 aromatic carbocycles. The second-order valence-corrected chi connectivity index (χ2v) is 3.97. The molecule has 0 aromatic heterocycles. The maximum absolute atomic E-state index is 11.9. The van der Waals surface area contributed by atoms with E-state index in [1.54, 1.807) is 6.08 Å². The van der Waals surface area contributed by atoms with Gasteiger partial charge in [-0.25, -0.2) is 0 Å². The third kappa shape index (κ3) is 1.41. The van der Waals surface area contributed by atoms with Gasteiger partial charge < -0.3 is 4.90 Å². The van der Waals surface area contributed by atoms with Crippen molar-refractivity contribution in [2.24, 2.45) is 5.92 Å². The molecule has 0 aromatic rings. The first-order valence-corrected chi connectivity index (χ1v) is 5.01. The molecule has 1 amide bonds. The molecule has 0 bridgehead atoms. The predicted octanol–water partition coefficient (Wildman–Crippen LogP) is 1.91. The quantitative estimate of drug-likeness (QED) is 0.577. The molecule has 0 unspecified atom stereocenters. The van der Waals surface area contributed by atoms with E-state index in [2.05, 4.69) is 19.2 Å². The van der Waals surface area contributed by atoms with Crippen LogP contribution in [0.4, 0.5) is 0 Å². The van der Waals surface area contributed by atoms with E-state index in [1.807, 2.05) is 11.0 Å². The molecule has 2 heterocycles. The number of carbonyl (C=O) groups excluding carboxylic acids is 1. The van der Waals surface area contributed by atoms with Gasteiger partial charge in [-0.05, 0) is 18.4 Å². The van der Waals surface area contributed by atoms with Gasteiger partial charge in [0.1, 0.15) is 0 Å². The van der Waals surface area contributed by atoms with Gasteiger partial charge in [-0.3, -0.25) is 4.79 Å². The van der Waals surface area contributed by atoms with Crippen molar-refractivity contribution < 1.29 is 4.79 Å². The number of carbonyl (C=O) groups is 1. The van der Waals surface area contributed by atoms with E-state index in [9.17, 15) is 4.79 Å². The first kappa shape index (κ1) is 9.25. The predicted molar refractivity (Wildman–Crippen MR) is 56.7 cm³/mol. The van der Waals surface area contributed by atoms with Crippen LogP contribution in [-0.2, 0) is 4.79 Å². The lowest BCUT2D eigenvalue weighted by Gasteiger charge is -2.39. The van der Waals surface area contributed by atoms with Gasteiger partial charge in [0, 0.05) is 6.54 Å². The molecule has 0 saturated carbocycles. The van der Waals surface area contributed by atoms with Crippen LogP contribution in [0, 0.1) is 5.92 Å². The molecule has 2 rings (SSSR count). The van der Waals surface area contributed by atoms with Crippen molar-refractivity contribution in [3.05, 3.63) is 37.0 Å². The standard InChI is InChI=1S/C12H15NO/c1-3-10-5-7-11-6-4-9(2)8-13(11)12(10)14/h3-4,6,10-11H,1-2,5,7-8H2/t10-,11+/m0/s1. The van der Waals surface area contributed by atoms with Crippen molar-refractivity contribution in [3.63, 3.8) is 0 Å². The Kier molecular flexibility index (Phi) is 2.28. The molecule has 2 aliphatic heterocycles. The number of hydrogen-bond acceptors (Lipinski definition) is 1. The highest BCUT2D eigenvalue weighted by molar-refractivity contribution is 5.82. The third-order valence-electron chi connectivity index (χ3n) is 2.99. The van der Waals surface area contributed by atoms with Crippen LogP contribution in [0.25, 0.3) is 0 Å². The lowest BCUT2D eigenvalue weighted by Crippen LogP contribution is -2.48. The monoisotopic (exact) mass is 189 g/mol. The van der Waals surface area contributed by atoms with Crippen LogP contribution in [0.1, 0.15) is 12.8 Å². The molecule has 2 nitrogen and oxygen atoms in total. The summed E-state index contributed by atoms with van der Waals surface area (Å²) in [6.07, 6.45) is 7.86. The van der Waals surface area contributed by atoms with Crippen LogP contribution in [0.5, 0.6) is 0 Å². The fourth-order valence-corrected chi connectivity index (χ4v) is 2.14. The average Bonchev–Trinajstić information content (AvgIpc) is 2.20. The van der Waals surface area contributed by atoms with Gasteiger partial charge in [-0.15, -0.1) is 6.58 Å². The second kappa shape index (κ2) is 3.45. The van der Waals surface area contributed by atoms with Crippen LogP contribution in [-0.4, -0.2) is 23.4 Å². The molecule has 0 radical (unpaired) electrons. The van der Waals surface area contributed by atoms with Gasteiger partial charge in [0.25, 0.3) is 0 Å². The van der Waals surface area contributed by atoms with E-state index in [-0.39, 0.29) is 11.8 Å². The van der Waals surface area contributed by atoms with E-state index in [4.69, 9.17) is 0 Å². The molecule has 74 valence electrons. The Labute approximate surface area is 84.6 Å². The molecule has 0 aliphatic carbocycles. The van der Waals surface area contributed by atoms with Crippen molar-refractivity contribution in [2.45, 2.75) is 18.9 Å². The zero-order valence-corrected chi connectivity index (χ0v) is 8.28. The zero-order chi connectivity index (χ0) is 10.1. The molecular formula is C12H15NO. The number of amides is 1. The normalized spacial score (nSPS) is 31.6. The largest absolute Gasteiger partial charge is 0.331 e. The van der Waals surface area contributed by atoms with Crippen LogP contribution in [0.3, 0.4) is 0 Å². The summed E-state index contributed by atoms with van der Waals surface area (Å²) in [6.45, 7) is 8.27. The SMILES string of the molecule is C=C[C@H]1CC[C@H]2C=CC(=C)CN2C1=O. The number of nitrogens with zero attached hydrogens (tertiary/aromatic N) is 1. The number of piperidine rings is 1. The van der Waals surface area contributed by atoms with Crippen molar-refractivity contribution in [1.29, 1.82) is 0 Å². The molecule has 2 atom stereocenters. The van der Waals surface area contributed by atoms with Crippen LogP contribution < -0.4 is 0 Å². The summed E-state index contributed by atoms with van der Waals surface area (Å²) in [5.41, 5.74) is 1.01. The van der Waals surface area contributed by atoms with Gasteiger partial charge in [0.2, 0.25) is 5.91 Å². The minimum absolute atomic E-state index is 0.0190. The fraction of sp³-hybridized carbons (Fsp3) is 0.417. The van der Waals surface area contributed by atoms with E-state index in [1.165, 1.54) is 0 Å². The Morgan fingerprint density at radius 1 is 1.50 bits per heavy atom. The number of rotatable bonds is 1. The molecule has 2 heteroatoms. The van der Waals surface area contributed by atoms with E-state index in [0.29, 0.717) is 12.6 Å². The van der Waals surface area contributed by atoms with E-state index in [0.717, 1.165) is 18.4 Å². The Morgan fingerprint density at radius 2 is 2.29 bits per heavy atom. The summed E-state index contributed by atoms with van der Waals surface area (Å²) in [4.78, 5) is 13.8. The first-order chi connectivity index (χ1) is 6.72. The summed E-state index contributed by atoms with van der Waals surface area (Å²) in [7, 11) is 0. The van der Waals surface area contributed by atoms with Gasteiger partial charge in [0.15, 0.2) is 0 Å². The van der Waals surface area contributed by atoms with Crippen LogP contribution >= 0.6 is 0 Å². The maximum atomic E-state index is 11.9. The van der Waals surface area contributed by atoms with Crippen LogP contribution in [0.2, 0.25) is 0 Å². The van der Waals surface area contributed by atoms with Crippen molar-refractivity contribution in [1.82, 2.24) is 4.90 Å². The van der Waals surface area contributed by atoms with Gasteiger partial charge in [-0.1, -0.05) is 24.8 Å². The number of fused-ring (bicyclic) bond motifs is 1. The van der Waals surface area contributed by atoms with E-state index >= 15 is 0 Å². The maximum Gasteiger partial charge on any atom is 0.230 e. The number of hydrogen-bond donors (Lipinski definition) is 0. The Balaban J connectivity index is 2.21. The smallest absolute Gasteiger partial charge is 0.230 e. The lowest BCUT2D eigenvalue weighted by atomic mass is 9.89. The summed E-state index contributed by atoms with van der Waals surface area (Å²) < 4.78 is 0. The summed E-state index contributed by atoms with van der Waals surface area (Å²) >= 11 is 0. The highest BCUT2D eigenvalue weighted by atomic mass is 16.2. The minimum Gasteiger partial charge on any atom is -0.331 e. The fourth-order valence-electron chi connectivity index (χ4n) is 2.14. The molecule has 0 spiro atoms. The molecule has 2 aliphatic rings. The summed E-state index contributed by atoms with van der Waals surface area (Å²) in [5.74, 6) is 0.229. The molecule has 1 saturated heterocycles. The Hall–Kier alpha value is -1.31. The highest BCUT2D eigenvalue weighted by Gasteiger charge is 2.33. The van der Waals surface area contributed by atoms with Crippen molar-refractivity contribution >= 4 is 5.91 Å². The third-order valence-corrected chi connectivity index (χ3v) is 2.99. The van der Waals surface area contributed by atoms with Gasteiger partial charge in [0.05, 0.1) is 12.0 Å². The summed E-state index contributed by atoms with van der Waals surface area (Å²) in [6, 6.07) is 0.296. The first-order valence-electron chi connectivity index (χ1n) is 5.01. The van der Waals surface area contributed by atoms with Crippen LogP contribution in [0.15, 0.2) is 37.0 Å². The Bertz CT molecular complexity index is 316. The van der Waals surface area contributed by atoms with Crippen molar-refractivity contribution in [3.8, 4) is 0 Å². The van der Waals surface area contributed by atoms with Gasteiger partial charge in [-0.2, -0.15) is 0 Å². The molecular weight excluding hydrogens is 174 g/mol. The molecule has 0 N–H and O–H groups in total. The second-order valence-electron chi connectivity index (χ2n) is 3.97. The summed E-state index contributed by atoms with van der Waals surface area (Å²) in [5, 5.41) is 0. The van der Waals surface area contributed by atoms with E-state index < -0.39 is 0 Å². The molecule has 14 heavy (non-hydrogen) atoms.